The van der Waals surface area contributed by atoms with Crippen LogP contribution in [-0.4, -0.2) is 12.7 Å². The van der Waals surface area contributed by atoms with Crippen molar-refractivity contribution in [3.05, 3.63) is 54.6 Å². The van der Waals surface area contributed by atoms with Crippen LogP contribution >= 0.6 is 0 Å². The molecule has 104 valence electrons. The third kappa shape index (κ3) is 4.20. The predicted molar refractivity (Wildman–Crippen MR) is 73.7 cm³/mol. The topological polar surface area (TPSA) is 56.8 Å². The van der Waals surface area contributed by atoms with Gasteiger partial charge in [-0.1, -0.05) is 18.2 Å². The molecule has 2 aromatic rings. The van der Waals surface area contributed by atoms with Crippen LogP contribution < -0.4 is 15.1 Å². The van der Waals surface area contributed by atoms with Crippen LogP contribution in [0.25, 0.3) is 0 Å². The second-order valence-electron chi connectivity index (χ2n) is 3.81. The average Bonchev–Trinajstić information content (AvgIpc) is 2.48. The lowest BCUT2D eigenvalue weighted by molar-refractivity contribution is 0.104. The van der Waals surface area contributed by atoms with E-state index in [1.165, 1.54) is 0 Å². The van der Waals surface area contributed by atoms with E-state index in [9.17, 15) is 4.79 Å². The summed E-state index contributed by atoms with van der Waals surface area (Å²) in [5, 5.41) is 0. The molecule has 2 rings (SSSR count). The molecule has 0 aliphatic carbocycles. The second-order valence-corrected chi connectivity index (χ2v) is 3.81. The van der Waals surface area contributed by atoms with E-state index in [1.54, 1.807) is 31.2 Å². The molecule has 0 atom stereocenters. The van der Waals surface area contributed by atoms with Crippen LogP contribution in [0.3, 0.4) is 0 Å². The molecule has 2 aromatic carbocycles. The van der Waals surface area contributed by atoms with Crippen LogP contribution in [-0.2, 0) is 4.74 Å². The highest BCUT2D eigenvalue weighted by Crippen LogP contribution is 2.23. The Hall–Kier alpha value is -2.69. The van der Waals surface area contributed by atoms with Crippen LogP contribution in [0.1, 0.15) is 6.92 Å². The Bertz CT molecular complexity index is 540. The monoisotopic (exact) mass is 273 g/mol. The molecule has 0 unspecified atom stereocenters. The van der Waals surface area contributed by atoms with Crippen molar-refractivity contribution >= 4 is 6.09 Å². The highest BCUT2D eigenvalue weighted by atomic mass is 16.7. The quantitative estimate of drug-likeness (QED) is 0.847. The van der Waals surface area contributed by atoms with Crippen molar-refractivity contribution in [2.75, 3.05) is 6.61 Å². The van der Waals surface area contributed by atoms with Crippen LogP contribution in [0, 0.1) is 0 Å². The largest absolute Gasteiger partial charge is 0.457 e. The van der Waals surface area contributed by atoms with Gasteiger partial charge in [0.15, 0.2) is 5.75 Å². The first-order valence-corrected chi connectivity index (χ1v) is 6.20. The summed E-state index contributed by atoms with van der Waals surface area (Å²) in [6, 6.07) is 16.3. The van der Waals surface area contributed by atoms with E-state index >= 15 is 0 Å². The van der Waals surface area contributed by atoms with Crippen molar-refractivity contribution in [3.63, 3.8) is 0 Å². The fourth-order valence-corrected chi connectivity index (χ4v) is 1.46. The third-order valence-corrected chi connectivity index (χ3v) is 2.33. The fourth-order valence-electron chi connectivity index (χ4n) is 1.46. The molecule has 0 radical (unpaired) electrons. The lowest BCUT2D eigenvalue weighted by Crippen LogP contribution is -2.27. The van der Waals surface area contributed by atoms with E-state index in [0.717, 1.165) is 5.75 Å². The van der Waals surface area contributed by atoms with Gasteiger partial charge in [0.05, 0.1) is 6.61 Å². The van der Waals surface area contributed by atoms with Crippen molar-refractivity contribution in [1.29, 1.82) is 0 Å². The zero-order chi connectivity index (χ0) is 14.2. The van der Waals surface area contributed by atoms with E-state index in [-0.39, 0.29) is 0 Å². The Labute approximate surface area is 117 Å². The molecule has 20 heavy (non-hydrogen) atoms. The summed E-state index contributed by atoms with van der Waals surface area (Å²) in [5.74, 6) is 1.92. The summed E-state index contributed by atoms with van der Waals surface area (Å²) in [4.78, 5) is 16.1. The number of rotatable bonds is 5. The molecule has 0 aromatic heterocycles. The average molecular weight is 273 g/mol. The van der Waals surface area contributed by atoms with E-state index < -0.39 is 6.09 Å². The van der Waals surface area contributed by atoms with Gasteiger partial charge in [-0.3, -0.25) is 0 Å². The normalized spacial score (nSPS) is 9.65. The Morgan fingerprint density at radius 2 is 1.55 bits per heavy atom. The number of benzene rings is 2. The molecule has 0 fully saturated rings. The molecule has 5 heteroatoms. The summed E-state index contributed by atoms with van der Waals surface area (Å²) in [6.07, 6.45) is -0.628. The number of para-hydroxylation sites is 1. The van der Waals surface area contributed by atoms with Crippen molar-refractivity contribution < 1.29 is 19.1 Å². The number of ether oxygens (including phenoxy) is 2. The number of hydrogen-bond donors (Lipinski definition) is 1. The molecule has 5 nitrogen and oxygen atoms in total. The van der Waals surface area contributed by atoms with Gasteiger partial charge in [0, 0.05) is 0 Å². The fraction of sp³-hybridized carbons (Fsp3) is 0.133. The van der Waals surface area contributed by atoms with Gasteiger partial charge in [-0.15, -0.1) is 0 Å². The molecule has 0 spiro atoms. The van der Waals surface area contributed by atoms with Crippen LogP contribution in [0.2, 0.25) is 0 Å². The maximum absolute atomic E-state index is 11.0. The van der Waals surface area contributed by atoms with Crippen molar-refractivity contribution in [2.24, 2.45) is 0 Å². The summed E-state index contributed by atoms with van der Waals surface area (Å²) >= 11 is 0. The molecular formula is C15H15NO4. The van der Waals surface area contributed by atoms with E-state index in [1.807, 2.05) is 30.3 Å². The van der Waals surface area contributed by atoms with Crippen molar-refractivity contribution in [1.82, 2.24) is 5.48 Å². The first-order valence-electron chi connectivity index (χ1n) is 6.20. The highest BCUT2D eigenvalue weighted by Gasteiger charge is 2.02. The van der Waals surface area contributed by atoms with Crippen molar-refractivity contribution in [3.8, 4) is 17.2 Å². The smallest absolute Gasteiger partial charge is 0.440 e. The number of nitrogens with one attached hydrogen (secondary N) is 1. The third-order valence-electron chi connectivity index (χ3n) is 2.33. The first-order chi connectivity index (χ1) is 9.78. The molecule has 0 aliphatic heterocycles. The van der Waals surface area contributed by atoms with Gasteiger partial charge in [0.2, 0.25) is 0 Å². The lowest BCUT2D eigenvalue weighted by Gasteiger charge is -2.08. The van der Waals surface area contributed by atoms with Crippen LogP contribution in [0.15, 0.2) is 54.6 Å². The minimum atomic E-state index is -0.628. The van der Waals surface area contributed by atoms with Gasteiger partial charge in [-0.25, -0.2) is 4.79 Å². The van der Waals surface area contributed by atoms with E-state index in [4.69, 9.17) is 9.57 Å². The SMILES string of the molecule is CCOC(=O)NOc1ccc(Oc2ccccc2)cc1. The maximum atomic E-state index is 11.0. The lowest BCUT2D eigenvalue weighted by atomic mass is 10.3. The van der Waals surface area contributed by atoms with Gasteiger partial charge < -0.3 is 14.3 Å². The molecule has 0 aliphatic rings. The van der Waals surface area contributed by atoms with Gasteiger partial charge in [0.1, 0.15) is 11.5 Å². The summed E-state index contributed by atoms with van der Waals surface area (Å²) in [7, 11) is 0. The highest BCUT2D eigenvalue weighted by molar-refractivity contribution is 5.66. The number of carbonyl (C=O) groups excluding carboxylic acids is 1. The van der Waals surface area contributed by atoms with E-state index in [2.05, 4.69) is 10.2 Å². The zero-order valence-electron chi connectivity index (χ0n) is 11.0. The minimum absolute atomic E-state index is 0.291. The molecule has 0 saturated carbocycles. The van der Waals surface area contributed by atoms with Crippen LogP contribution in [0.4, 0.5) is 4.79 Å². The number of carbonyl (C=O) groups is 1. The molecule has 0 bridgehead atoms. The standard InChI is InChI=1S/C15H15NO4/c1-2-18-15(17)16-20-14-10-8-13(9-11-14)19-12-6-4-3-5-7-12/h3-11H,2H2,1H3,(H,16,17). The predicted octanol–water partition coefficient (Wildman–Crippen LogP) is 3.52. The van der Waals surface area contributed by atoms with Gasteiger partial charge in [-0.05, 0) is 43.3 Å². The van der Waals surface area contributed by atoms with Gasteiger partial charge >= 0.3 is 6.09 Å². The Kier molecular flexibility index (Phi) is 4.83. The minimum Gasteiger partial charge on any atom is -0.457 e. The van der Waals surface area contributed by atoms with Gasteiger partial charge in [0.25, 0.3) is 0 Å². The van der Waals surface area contributed by atoms with Crippen molar-refractivity contribution in [2.45, 2.75) is 6.92 Å². The second kappa shape index (κ2) is 7.04. The maximum Gasteiger partial charge on any atom is 0.440 e. The Morgan fingerprint density at radius 1 is 0.950 bits per heavy atom. The molecule has 1 amide bonds. The van der Waals surface area contributed by atoms with Gasteiger partial charge in [-0.2, -0.15) is 5.48 Å². The molecule has 1 N–H and O–H groups in total. The Morgan fingerprint density at radius 3 is 2.20 bits per heavy atom. The zero-order valence-corrected chi connectivity index (χ0v) is 11.0. The number of amides is 1. The number of hydrogen-bond acceptors (Lipinski definition) is 4. The Balaban J connectivity index is 1.88. The first kappa shape index (κ1) is 13.7. The molecular weight excluding hydrogens is 258 g/mol. The number of hydroxylamine groups is 1. The van der Waals surface area contributed by atoms with Crippen LogP contribution in [0.5, 0.6) is 17.2 Å². The summed E-state index contributed by atoms with van der Waals surface area (Å²) < 4.78 is 10.3. The summed E-state index contributed by atoms with van der Waals surface area (Å²) in [5.41, 5.74) is 2.17. The summed E-state index contributed by atoms with van der Waals surface area (Å²) in [6.45, 7) is 2.01. The van der Waals surface area contributed by atoms with E-state index in [0.29, 0.717) is 18.1 Å². The molecule has 0 heterocycles. The molecule has 0 saturated heterocycles.